The van der Waals surface area contributed by atoms with Gasteiger partial charge >= 0.3 is 5.97 Å². The van der Waals surface area contributed by atoms with Crippen molar-refractivity contribution in [3.05, 3.63) is 30.1 Å². The van der Waals surface area contributed by atoms with Gasteiger partial charge in [-0.15, -0.1) is 0 Å². The van der Waals surface area contributed by atoms with Crippen molar-refractivity contribution in [2.24, 2.45) is 0 Å². The highest BCUT2D eigenvalue weighted by molar-refractivity contribution is 7.89. The highest BCUT2D eigenvalue weighted by Gasteiger charge is 2.29. The second-order valence-electron chi connectivity index (χ2n) is 5.52. The summed E-state index contributed by atoms with van der Waals surface area (Å²) in [7, 11) is -3.84. The molecule has 0 aromatic heterocycles. The minimum atomic E-state index is -3.84. The van der Waals surface area contributed by atoms with E-state index < -0.39 is 27.9 Å². The van der Waals surface area contributed by atoms with Crippen LogP contribution in [0.25, 0.3) is 0 Å². The molecule has 1 unspecified atom stereocenters. The lowest BCUT2D eigenvalue weighted by Crippen LogP contribution is -2.50. The molecule has 8 nitrogen and oxygen atoms in total. The Bertz CT molecular complexity index is 722. The number of rotatable bonds is 7. The van der Waals surface area contributed by atoms with Crippen LogP contribution in [0.4, 0.5) is 4.39 Å². The number of carboxylic acids is 1. The summed E-state index contributed by atoms with van der Waals surface area (Å²) in [5.74, 6) is -1.94. The number of ether oxygens (including phenoxy) is 1. The smallest absolute Gasteiger partial charge is 0.305 e. The summed E-state index contributed by atoms with van der Waals surface area (Å²) in [6, 6.07) is 3.76. The van der Waals surface area contributed by atoms with Gasteiger partial charge in [-0.1, -0.05) is 0 Å². The van der Waals surface area contributed by atoms with Gasteiger partial charge in [0, 0.05) is 19.5 Å². The van der Waals surface area contributed by atoms with Gasteiger partial charge in [0.25, 0.3) is 0 Å². The van der Waals surface area contributed by atoms with Gasteiger partial charge in [-0.2, -0.15) is 0 Å². The van der Waals surface area contributed by atoms with Crippen LogP contribution in [0, 0.1) is 5.82 Å². The van der Waals surface area contributed by atoms with Crippen molar-refractivity contribution in [2.75, 3.05) is 26.3 Å². The summed E-state index contributed by atoms with van der Waals surface area (Å²) in [6.45, 7) is 0.569. The second-order valence-corrected chi connectivity index (χ2v) is 7.28. The van der Waals surface area contributed by atoms with Crippen molar-refractivity contribution in [1.82, 2.24) is 9.62 Å². The zero-order valence-electron chi connectivity index (χ0n) is 13.4. The van der Waals surface area contributed by atoms with Crippen LogP contribution >= 0.6 is 0 Å². The van der Waals surface area contributed by atoms with E-state index >= 15 is 0 Å². The Kier molecular flexibility index (Phi) is 6.45. The summed E-state index contributed by atoms with van der Waals surface area (Å²) in [4.78, 5) is 24.4. The molecule has 1 heterocycles. The number of nitrogens with one attached hydrogen (secondary N) is 1. The molecular weight excluding hydrogens is 355 g/mol. The molecule has 0 radical (unpaired) electrons. The average molecular weight is 374 g/mol. The third kappa shape index (κ3) is 5.48. The number of halogens is 1. The molecule has 1 aliphatic heterocycles. The maximum Gasteiger partial charge on any atom is 0.305 e. The monoisotopic (exact) mass is 374 g/mol. The fourth-order valence-electron chi connectivity index (χ4n) is 2.49. The van der Waals surface area contributed by atoms with Crippen LogP contribution in [0.3, 0.4) is 0 Å². The van der Waals surface area contributed by atoms with Gasteiger partial charge in [0.15, 0.2) is 0 Å². The minimum absolute atomic E-state index is 0.100. The number of nitrogens with zero attached hydrogens (tertiary/aromatic N) is 1. The fraction of sp³-hybridized carbons (Fsp3) is 0.467. The molecule has 1 aromatic rings. The number of carboxylic acid groups (broad SMARTS) is 1. The molecule has 1 aromatic carbocycles. The molecule has 1 atom stereocenters. The zero-order chi connectivity index (χ0) is 18.4. The maximum atomic E-state index is 12.8. The molecule has 0 aliphatic carbocycles. The molecule has 0 bridgehead atoms. The van der Waals surface area contributed by atoms with Crippen LogP contribution in [-0.2, 0) is 24.3 Å². The molecular formula is C15H19FN2O6S. The summed E-state index contributed by atoms with van der Waals surface area (Å²) >= 11 is 0. The number of hydrogen-bond donors (Lipinski definition) is 2. The summed E-state index contributed by atoms with van der Waals surface area (Å²) in [5, 5.41) is 8.88. The number of aliphatic carboxylic acids is 1. The molecule has 0 spiro atoms. The standard InChI is InChI=1S/C15H19FN2O6S/c16-11-1-3-13(4-2-11)25(22,23)17-6-5-14(19)18-7-8-24-10-12(18)9-15(20)21/h1-4,12,17H,5-10H2,(H,20,21). The Morgan fingerprint density at radius 1 is 1.32 bits per heavy atom. The van der Waals surface area contributed by atoms with E-state index in [2.05, 4.69) is 4.72 Å². The van der Waals surface area contributed by atoms with Gasteiger partial charge in [-0.25, -0.2) is 17.5 Å². The molecule has 138 valence electrons. The van der Waals surface area contributed by atoms with Gasteiger partial charge < -0.3 is 14.7 Å². The number of sulfonamides is 1. The van der Waals surface area contributed by atoms with E-state index in [-0.39, 0.29) is 43.3 Å². The number of morpholine rings is 1. The van der Waals surface area contributed by atoms with Crippen molar-refractivity contribution < 1.29 is 32.2 Å². The Labute approximate surface area is 144 Å². The topological polar surface area (TPSA) is 113 Å². The van der Waals surface area contributed by atoms with Gasteiger partial charge in [0.1, 0.15) is 5.82 Å². The molecule has 2 N–H and O–H groups in total. The Balaban J connectivity index is 1.90. The van der Waals surface area contributed by atoms with Crippen molar-refractivity contribution in [1.29, 1.82) is 0 Å². The van der Waals surface area contributed by atoms with E-state index in [0.29, 0.717) is 6.61 Å². The third-order valence-electron chi connectivity index (χ3n) is 3.71. The van der Waals surface area contributed by atoms with Crippen LogP contribution < -0.4 is 4.72 Å². The molecule has 1 aliphatic rings. The summed E-state index contributed by atoms with van der Waals surface area (Å²) < 4.78 is 44.4. The number of hydrogen-bond acceptors (Lipinski definition) is 5. The Hall–Kier alpha value is -2.04. The SMILES string of the molecule is O=C(O)CC1COCCN1C(=O)CCNS(=O)(=O)c1ccc(F)cc1. The first kappa shape index (κ1) is 19.3. The predicted molar refractivity (Wildman–Crippen MR) is 84.8 cm³/mol. The summed E-state index contributed by atoms with van der Waals surface area (Å²) in [6.07, 6.45) is -0.344. The van der Waals surface area contributed by atoms with Crippen molar-refractivity contribution in [3.8, 4) is 0 Å². The molecule has 10 heteroatoms. The number of amides is 1. The largest absolute Gasteiger partial charge is 0.481 e. The van der Waals surface area contributed by atoms with Gasteiger partial charge in [-0.05, 0) is 24.3 Å². The van der Waals surface area contributed by atoms with Gasteiger partial charge in [0.2, 0.25) is 15.9 Å². The van der Waals surface area contributed by atoms with Gasteiger partial charge in [-0.3, -0.25) is 9.59 Å². The van der Waals surface area contributed by atoms with E-state index in [0.717, 1.165) is 24.3 Å². The average Bonchev–Trinajstić information content (AvgIpc) is 2.55. The van der Waals surface area contributed by atoms with E-state index in [1.807, 2.05) is 0 Å². The predicted octanol–water partition coefficient (Wildman–Crippen LogP) is 0.196. The van der Waals surface area contributed by atoms with Crippen molar-refractivity contribution in [3.63, 3.8) is 0 Å². The van der Waals surface area contributed by atoms with Crippen LogP contribution in [0.5, 0.6) is 0 Å². The van der Waals surface area contributed by atoms with E-state index in [1.165, 1.54) is 4.90 Å². The van der Waals surface area contributed by atoms with Gasteiger partial charge in [0.05, 0.1) is 30.6 Å². The van der Waals surface area contributed by atoms with E-state index in [1.54, 1.807) is 0 Å². The lowest BCUT2D eigenvalue weighted by molar-refractivity contribution is -0.146. The van der Waals surface area contributed by atoms with E-state index in [4.69, 9.17) is 9.84 Å². The quantitative estimate of drug-likeness (QED) is 0.705. The molecule has 25 heavy (non-hydrogen) atoms. The molecule has 0 saturated carbocycles. The van der Waals surface area contributed by atoms with Crippen molar-refractivity contribution in [2.45, 2.75) is 23.8 Å². The molecule has 1 fully saturated rings. The molecule has 2 rings (SSSR count). The fourth-order valence-corrected chi connectivity index (χ4v) is 3.52. The van der Waals surface area contributed by atoms with Crippen molar-refractivity contribution >= 4 is 21.9 Å². The van der Waals surface area contributed by atoms with Crippen LogP contribution in [0.1, 0.15) is 12.8 Å². The van der Waals surface area contributed by atoms with E-state index in [9.17, 15) is 22.4 Å². The molecule has 1 saturated heterocycles. The summed E-state index contributed by atoms with van der Waals surface area (Å²) in [5.41, 5.74) is 0. The lowest BCUT2D eigenvalue weighted by atomic mass is 10.1. The van der Waals surface area contributed by atoms with Crippen LogP contribution in [0.2, 0.25) is 0 Å². The number of benzene rings is 1. The highest BCUT2D eigenvalue weighted by Crippen LogP contribution is 2.13. The highest BCUT2D eigenvalue weighted by atomic mass is 32.2. The number of carbonyl (C=O) groups excluding carboxylic acids is 1. The minimum Gasteiger partial charge on any atom is -0.481 e. The first-order valence-electron chi connectivity index (χ1n) is 7.64. The third-order valence-corrected chi connectivity index (χ3v) is 5.19. The van der Waals surface area contributed by atoms with Crippen LogP contribution in [0.15, 0.2) is 29.2 Å². The first-order valence-corrected chi connectivity index (χ1v) is 9.12. The first-order chi connectivity index (χ1) is 11.8. The second kappa shape index (κ2) is 8.37. The van der Waals surface area contributed by atoms with Crippen LogP contribution in [-0.4, -0.2) is 62.6 Å². The maximum absolute atomic E-state index is 12.8. The Morgan fingerprint density at radius 3 is 2.64 bits per heavy atom. The molecule has 1 amide bonds. The Morgan fingerprint density at radius 2 is 2.00 bits per heavy atom. The zero-order valence-corrected chi connectivity index (χ0v) is 14.2. The normalized spacial score (nSPS) is 18.1. The number of carbonyl (C=O) groups is 2. The lowest BCUT2D eigenvalue weighted by Gasteiger charge is -2.34.